The third-order valence-corrected chi connectivity index (χ3v) is 5.70. The lowest BCUT2D eigenvalue weighted by molar-refractivity contribution is -0.0606. The van der Waals surface area contributed by atoms with E-state index in [1.54, 1.807) is 0 Å². The second kappa shape index (κ2) is 6.05. The van der Waals surface area contributed by atoms with E-state index in [4.69, 9.17) is 10.5 Å². The van der Waals surface area contributed by atoms with Gasteiger partial charge in [0.05, 0.1) is 5.60 Å². The Labute approximate surface area is 130 Å². The maximum Gasteiger partial charge on any atom is 0.0777 e. The molecule has 0 saturated carbocycles. The zero-order valence-corrected chi connectivity index (χ0v) is 13.7. The number of nitrogens with two attached hydrogens (primary N) is 1. The Bertz CT molecular complexity index is 612. The average molecular weight is 304 g/mol. The van der Waals surface area contributed by atoms with E-state index in [2.05, 4.69) is 41.5 Å². The van der Waals surface area contributed by atoms with Crippen molar-refractivity contribution in [1.29, 1.82) is 0 Å². The summed E-state index contributed by atoms with van der Waals surface area (Å²) in [6.45, 7) is 4.92. The summed E-state index contributed by atoms with van der Waals surface area (Å²) in [5.41, 5.74) is 7.47. The molecule has 3 nitrogen and oxygen atoms in total. The van der Waals surface area contributed by atoms with Gasteiger partial charge >= 0.3 is 0 Å². The van der Waals surface area contributed by atoms with Gasteiger partial charge in [-0.05, 0) is 48.7 Å². The third kappa shape index (κ3) is 2.86. The van der Waals surface area contributed by atoms with Gasteiger partial charge in [-0.25, -0.2) is 0 Å². The monoisotopic (exact) mass is 304 g/mol. The Hall–Kier alpha value is -0.940. The number of fused-ring (bicyclic) bond motifs is 1. The van der Waals surface area contributed by atoms with E-state index in [0.717, 1.165) is 19.5 Å². The first kappa shape index (κ1) is 15.0. The van der Waals surface area contributed by atoms with Crippen molar-refractivity contribution in [3.8, 4) is 0 Å². The lowest BCUT2D eigenvalue weighted by atomic mass is 9.92. The molecule has 1 aliphatic rings. The summed E-state index contributed by atoms with van der Waals surface area (Å²) >= 11 is 1.81. The van der Waals surface area contributed by atoms with Gasteiger partial charge in [-0.3, -0.25) is 4.90 Å². The van der Waals surface area contributed by atoms with Gasteiger partial charge in [-0.15, -0.1) is 11.3 Å². The number of rotatable bonds is 4. The van der Waals surface area contributed by atoms with Crippen LogP contribution in [0.1, 0.15) is 31.4 Å². The molecular formula is C17H24N2OS. The lowest BCUT2D eigenvalue weighted by Crippen LogP contribution is -2.49. The second-order valence-corrected chi connectivity index (χ2v) is 7.08. The molecule has 3 rings (SSSR count). The largest absolute Gasteiger partial charge is 0.377 e. The number of methoxy groups -OCH3 is 1. The van der Waals surface area contributed by atoms with E-state index < -0.39 is 0 Å². The predicted molar refractivity (Wildman–Crippen MR) is 89.8 cm³/mol. The fraction of sp³-hybridized carbons (Fsp3) is 0.529. The molecule has 114 valence electrons. The minimum absolute atomic E-state index is 0.0442. The lowest BCUT2D eigenvalue weighted by Gasteiger charge is -2.43. The maximum absolute atomic E-state index is 6.14. The van der Waals surface area contributed by atoms with Crippen LogP contribution >= 0.6 is 11.3 Å². The van der Waals surface area contributed by atoms with Gasteiger partial charge in [0.1, 0.15) is 0 Å². The van der Waals surface area contributed by atoms with Crippen molar-refractivity contribution in [2.45, 2.75) is 31.4 Å². The SMILES string of the molecule is COC1(C)CCCN(C(CN)c2csc3ccccc23)C1. The predicted octanol–water partition coefficient (Wildman–Crippen LogP) is 3.40. The Kier molecular flexibility index (Phi) is 4.31. The molecule has 0 bridgehead atoms. The Morgan fingerprint density at radius 1 is 1.43 bits per heavy atom. The Morgan fingerprint density at radius 2 is 2.24 bits per heavy atom. The highest BCUT2D eigenvalue weighted by Crippen LogP contribution is 2.35. The first-order chi connectivity index (χ1) is 10.2. The van der Waals surface area contributed by atoms with Crippen LogP contribution in [0, 0.1) is 0 Å². The Balaban J connectivity index is 1.91. The highest BCUT2D eigenvalue weighted by molar-refractivity contribution is 7.17. The number of hydrogen-bond acceptors (Lipinski definition) is 4. The van der Waals surface area contributed by atoms with Crippen LogP contribution in [-0.4, -0.2) is 37.2 Å². The third-order valence-electron chi connectivity index (χ3n) is 4.72. The van der Waals surface area contributed by atoms with Gasteiger partial charge in [-0.1, -0.05) is 18.2 Å². The molecule has 2 N–H and O–H groups in total. The molecule has 1 aliphatic heterocycles. The first-order valence-electron chi connectivity index (χ1n) is 7.62. The van der Waals surface area contributed by atoms with Gasteiger partial charge < -0.3 is 10.5 Å². The molecule has 1 aromatic heterocycles. The number of ether oxygens (including phenoxy) is 1. The van der Waals surface area contributed by atoms with Crippen LogP contribution in [0.2, 0.25) is 0 Å². The van der Waals surface area contributed by atoms with Crippen LogP contribution in [0.4, 0.5) is 0 Å². The molecule has 1 aromatic carbocycles. The summed E-state index contributed by atoms with van der Waals surface area (Å²) in [6.07, 6.45) is 2.30. The number of likely N-dealkylation sites (tertiary alicyclic amines) is 1. The van der Waals surface area contributed by atoms with Gasteiger partial charge in [0.2, 0.25) is 0 Å². The zero-order chi connectivity index (χ0) is 14.9. The number of piperidine rings is 1. The summed E-state index contributed by atoms with van der Waals surface area (Å²) in [5, 5.41) is 3.63. The number of hydrogen-bond donors (Lipinski definition) is 1. The van der Waals surface area contributed by atoms with Crippen molar-refractivity contribution in [2.75, 3.05) is 26.7 Å². The van der Waals surface area contributed by atoms with Gasteiger partial charge in [-0.2, -0.15) is 0 Å². The quantitative estimate of drug-likeness (QED) is 0.941. The molecule has 1 fully saturated rings. The van der Waals surface area contributed by atoms with E-state index in [-0.39, 0.29) is 11.6 Å². The molecule has 0 aliphatic carbocycles. The van der Waals surface area contributed by atoms with Gasteiger partial charge in [0.15, 0.2) is 0 Å². The normalized spacial score (nSPS) is 25.3. The van der Waals surface area contributed by atoms with E-state index in [9.17, 15) is 0 Å². The highest BCUT2D eigenvalue weighted by Gasteiger charge is 2.34. The van der Waals surface area contributed by atoms with Crippen LogP contribution in [-0.2, 0) is 4.74 Å². The van der Waals surface area contributed by atoms with E-state index in [1.807, 2.05) is 18.4 Å². The second-order valence-electron chi connectivity index (χ2n) is 6.17. The molecule has 2 unspecified atom stereocenters. The molecule has 21 heavy (non-hydrogen) atoms. The molecule has 0 spiro atoms. The first-order valence-corrected chi connectivity index (χ1v) is 8.50. The van der Waals surface area contributed by atoms with Crippen molar-refractivity contribution >= 4 is 21.4 Å². The topological polar surface area (TPSA) is 38.5 Å². The van der Waals surface area contributed by atoms with Crippen LogP contribution < -0.4 is 5.73 Å². The van der Waals surface area contributed by atoms with Crippen LogP contribution in [0.25, 0.3) is 10.1 Å². The summed E-state index contributed by atoms with van der Waals surface area (Å²) in [6, 6.07) is 8.90. The number of benzene rings is 1. The fourth-order valence-electron chi connectivity index (χ4n) is 3.41. The van der Waals surface area contributed by atoms with E-state index >= 15 is 0 Å². The maximum atomic E-state index is 6.14. The summed E-state index contributed by atoms with van der Waals surface area (Å²) in [4.78, 5) is 2.50. The van der Waals surface area contributed by atoms with Crippen LogP contribution in [0.15, 0.2) is 29.6 Å². The minimum Gasteiger partial charge on any atom is -0.377 e. The summed E-state index contributed by atoms with van der Waals surface area (Å²) in [7, 11) is 1.82. The van der Waals surface area contributed by atoms with Gasteiger partial charge in [0.25, 0.3) is 0 Å². The molecule has 0 radical (unpaired) electrons. The number of thiophene rings is 1. The molecule has 2 heterocycles. The molecule has 1 saturated heterocycles. The van der Waals surface area contributed by atoms with Crippen LogP contribution in [0.3, 0.4) is 0 Å². The fourth-order valence-corrected chi connectivity index (χ4v) is 4.41. The molecule has 2 atom stereocenters. The summed E-state index contributed by atoms with van der Waals surface area (Å²) < 4.78 is 7.07. The van der Waals surface area contributed by atoms with E-state index in [1.165, 1.54) is 22.1 Å². The molecule has 4 heteroatoms. The number of nitrogens with zero attached hydrogens (tertiary/aromatic N) is 1. The molecular weight excluding hydrogens is 280 g/mol. The Morgan fingerprint density at radius 3 is 3.00 bits per heavy atom. The van der Waals surface area contributed by atoms with Crippen molar-refractivity contribution in [2.24, 2.45) is 5.73 Å². The smallest absolute Gasteiger partial charge is 0.0777 e. The van der Waals surface area contributed by atoms with Crippen molar-refractivity contribution in [3.63, 3.8) is 0 Å². The molecule has 2 aromatic rings. The van der Waals surface area contributed by atoms with Crippen LogP contribution in [0.5, 0.6) is 0 Å². The zero-order valence-electron chi connectivity index (χ0n) is 12.8. The highest BCUT2D eigenvalue weighted by atomic mass is 32.1. The van der Waals surface area contributed by atoms with Crippen molar-refractivity contribution in [1.82, 2.24) is 4.90 Å². The van der Waals surface area contributed by atoms with Crippen molar-refractivity contribution < 1.29 is 4.74 Å². The van der Waals surface area contributed by atoms with E-state index in [0.29, 0.717) is 6.54 Å². The minimum atomic E-state index is -0.0442. The van der Waals surface area contributed by atoms with Gasteiger partial charge in [0, 0.05) is 30.9 Å². The standard InChI is InChI=1S/C17H24N2OS/c1-17(20-2)8-5-9-19(12-17)15(10-18)14-11-21-16-7-4-3-6-13(14)16/h3-4,6-7,11,15H,5,8-10,12,18H2,1-2H3. The average Bonchev–Trinajstić information content (AvgIpc) is 2.93. The summed E-state index contributed by atoms with van der Waals surface area (Å²) in [5.74, 6) is 0. The van der Waals surface area contributed by atoms with Crippen molar-refractivity contribution in [3.05, 3.63) is 35.2 Å². The molecule has 0 amide bonds.